The number of ether oxygens (including phenoxy) is 1. The maximum Gasteiger partial charge on any atom is 0.329 e. The number of para-hydroxylation sites is 1. The molecule has 0 saturated heterocycles. The third-order valence-corrected chi connectivity index (χ3v) is 5.44. The Morgan fingerprint density at radius 3 is 2.31 bits per heavy atom. The average Bonchev–Trinajstić information content (AvgIpc) is 3.13. The minimum Gasteiger partial charge on any atom is -0.457 e. The Morgan fingerprint density at radius 1 is 0.886 bits per heavy atom. The van der Waals surface area contributed by atoms with Crippen molar-refractivity contribution in [3.63, 3.8) is 0 Å². The van der Waals surface area contributed by atoms with Gasteiger partial charge in [-0.3, -0.25) is 9.59 Å². The van der Waals surface area contributed by atoms with Gasteiger partial charge in [-0.05, 0) is 74.5 Å². The van der Waals surface area contributed by atoms with Crippen molar-refractivity contribution in [2.24, 2.45) is 5.10 Å². The number of amides is 2. The summed E-state index contributed by atoms with van der Waals surface area (Å²) < 4.78 is 7.75. The van der Waals surface area contributed by atoms with E-state index in [0.29, 0.717) is 22.2 Å². The maximum absolute atomic E-state index is 12.2. The summed E-state index contributed by atoms with van der Waals surface area (Å²) in [5.41, 5.74) is 6.35. The summed E-state index contributed by atoms with van der Waals surface area (Å²) in [6, 6.07) is 25.5. The van der Waals surface area contributed by atoms with Gasteiger partial charge >= 0.3 is 11.8 Å². The molecule has 0 saturated carbocycles. The molecule has 0 aliphatic carbocycles. The Labute approximate surface area is 208 Å². The van der Waals surface area contributed by atoms with Crippen LogP contribution in [-0.4, -0.2) is 22.6 Å². The lowest BCUT2D eigenvalue weighted by Crippen LogP contribution is -2.32. The van der Waals surface area contributed by atoms with Crippen molar-refractivity contribution in [3.05, 3.63) is 107 Å². The number of aromatic nitrogens is 1. The third-order valence-electron chi connectivity index (χ3n) is 5.20. The first kappa shape index (κ1) is 23.8. The molecule has 3 aromatic carbocycles. The van der Waals surface area contributed by atoms with Gasteiger partial charge in [-0.2, -0.15) is 5.10 Å². The SMILES string of the molecule is Cc1cc(/C=N\NC(=O)C(=O)Nc2ccc(Oc3ccccc3)cc2)c(C)n1-c1cccc(Cl)c1. The topological polar surface area (TPSA) is 84.7 Å². The zero-order valence-corrected chi connectivity index (χ0v) is 19.9. The Bertz CT molecular complexity index is 1380. The van der Waals surface area contributed by atoms with Gasteiger partial charge in [0, 0.05) is 33.3 Å². The van der Waals surface area contributed by atoms with E-state index in [1.54, 1.807) is 24.3 Å². The molecule has 0 unspecified atom stereocenters. The van der Waals surface area contributed by atoms with Gasteiger partial charge in [0.15, 0.2) is 0 Å². The van der Waals surface area contributed by atoms with Crippen LogP contribution in [0.25, 0.3) is 5.69 Å². The number of hydrazone groups is 1. The van der Waals surface area contributed by atoms with Crippen LogP contribution < -0.4 is 15.5 Å². The highest BCUT2D eigenvalue weighted by Gasteiger charge is 2.14. The monoisotopic (exact) mass is 486 g/mol. The van der Waals surface area contributed by atoms with Gasteiger partial charge in [0.1, 0.15) is 11.5 Å². The second-order valence-corrected chi connectivity index (χ2v) is 8.17. The van der Waals surface area contributed by atoms with Gasteiger partial charge < -0.3 is 14.6 Å². The lowest BCUT2D eigenvalue weighted by atomic mass is 10.2. The molecule has 0 fully saturated rings. The number of hydrogen-bond acceptors (Lipinski definition) is 4. The summed E-state index contributed by atoms with van der Waals surface area (Å²) in [4.78, 5) is 24.4. The van der Waals surface area contributed by atoms with Crippen LogP contribution in [0, 0.1) is 13.8 Å². The number of halogens is 1. The molecule has 4 rings (SSSR count). The van der Waals surface area contributed by atoms with Gasteiger partial charge in [0.25, 0.3) is 0 Å². The van der Waals surface area contributed by atoms with Crippen LogP contribution in [0.5, 0.6) is 11.5 Å². The van der Waals surface area contributed by atoms with Gasteiger partial charge in [-0.25, -0.2) is 5.43 Å². The summed E-state index contributed by atoms with van der Waals surface area (Å²) in [6.45, 7) is 3.91. The predicted molar refractivity (Wildman–Crippen MR) is 138 cm³/mol. The van der Waals surface area contributed by atoms with Crippen LogP contribution in [0.2, 0.25) is 5.02 Å². The second-order valence-electron chi connectivity index (χ2n) is 7.73. The second kappa shape index (κ2) is 10.7. The third kappa shape index (κ3) is 5.96. The Morgan fingerprint density at radius 2 is 1.60 bits per heavy atom. The quantitative estimate of drug-likeness (QED) is 0.210. The van der Waals surface area contributed by atoms with E-state index in [1.165, 1.54) is 6.21 Å². The fourth-order valence-electron chi connectivity index (χ4n) is 3.56. The fraction of sp³-hybridized carbons (Fsp3) is 0.0741. The number of carbonyl (C=O) groups is 2. The standard InChI is InChI=1S/C27H23ClN4O3/c1-18-15-20(19(2)32(18)23-8-6-7-21(28)16-23)17-29-31-27(34)26(33)30-22-11-13-25(14-12-22)35-24-9-4-3-5-10-24/h3-17H,1-2H3,(H,30,33)(H,31,34)/b29-17-. The lowest BCUT2D eigenvalue weighted by molar-refractivity contribution is -0.136. The highest BCUT2D eigenvalue weighted by Crippen LogP contribution is 2.23. The van der Waals surface area contributed by atoms with Gasteiger partial charge in [-0.1, -0.05) is 35.9 Å². The fourth-order valence-corrected chi connectivity index (χ4v) is 3.75. The van der Waals surface area contributed by atoms with E-state index in [4.69, 9.17) is 16.3 Å². The van der Waals surface area contributed by atoms with Crippen molar-refractivity contribution in [1.29, 1.82) is 0 Å². The summed E-state index contributed by atoms with van der Waals surface area (Å²) >= 11 is 6.12. The van der Waals surface area contributed by atoms with E-state index in [0.717, 1.165) is 22.6 Å². The molecule has 4 aromatic rings. The van der Waals surface area contributed by atoms with Crippen molar-refractivity contribution >= 4 is 35.3 Å². The smallest absolute Gasteiger partial charge is 0.329 e. The molecule has 7 nitrogen and oxygen atoms in total. The first-order valence-corrected chi connectivity index (χ1v) is 11.2. The molecular formula is C27H23ClN4O3. The Kier molecular flexibility index (Phi) is 7.28. The van der Waals surface area contributed by atoms with E-state index in [9.17, 15) is 9.59 Å². The summed E-state index contributed by atoms with van der Waals surface area (Å²) in [7, 11) is 0. The van der Waals surface area contributed by atoms with E-state index in [1.807, 2.05) is 79.1 Å². The first-order valence-electron chi connectivity index (χ1n) is 10.8. The number of aryl methyl sites for hydroxylation is 1. The van der Waals surface area contributed by atoms with Gasteiger partial charge in [0.2, 0.25) is 0 Å². The Balaban J connectivity index is 1.34. The highest BCUT2D eigenvalue weighted by atomic mass is 35.5. The van der Waals surface area contributed by atoms with Crippen LogP contribution in [0.1, 0.15) is 17.0 Å². The lowest BCUT2D eigenvalue weighted by Gasteiger charge is -2.09. The maximum atomic E-state index is 12.2. The molecule has 176 valence electrons. The van der Waals surface area contributed by atoms with Crippen molar-refractivity contribution in [2.45, 2.75) is 13.8 Å². The molecule has 0 aliphatic heterocycles. The first-order chi connectivity index (χ1) is 16.9. The largest absolute Gasteiger partial charge is 0.457 e. The van der Waals surface area contributed by atoms with Crippen LogP contribution in [-0.2, 0) is 9.59 Å². The van der Waals surface area contributed by atoms with Gasteiger partial charge in [-0.15, -0.1) is 0 Å². The zero-order chi connectivity index (χ0) is 24.8. The predicted octanol–water partition coefficient (Wildman–Crippen LogP) is 5.63. The van der Waals surface area contributed by atoms with E-state index < -0.39 is 11.8 Å². The molecule has 2 amide bonds. The molecule has 0 aliphatic rings. The van der Waals surface area contributed by atoms with Crippen molar-refractivity contribution in [2.75, 3.05) is 5.32 Å². The number of anilines is 1. The van der Waals surface area contributed by atoms with Crippen molar-refractivity contribution in [1.82, 2.24) is 9.99 Å². The van der Waals surface area contributed by atoms with Crippen LogP contribution in [0.15, 0.2) is 90.0 Å². The van der Waals surface area contributed by atoms with E-state index in [2.05, 4.69) is 15.8 Å². The van der Waals surface area contributed by atoms with E-state index in [-0.39, 0.29) is 0 Å². The molecule has 0 bridgehead atoms. The minimum atomic E-state index is -0.880. The van der Waals surface area contributed by atoms with Crippen LogP contribution >= 0.6 is 11.6 Å². The molecule has 0 radical (unpaired) electrons. The summed E-state index contributed by atoms with van der Waals surface area (Å²) in [5, 5.41) is 7.12. The molecule has 0 spiro atoms. The van der Waals surface area contributed by atoms with Gasteiger partial charge in [0.05, 0.1) is 6.21 Å². The molecule has 35 heavy (non-hydrogen) atoms. The van der Waals surface area contributed by atoms with Crippen LogP contribution in [0.3, 0.4) is 0 Å². The van der Waals surface area contributed by atoms with Crippen LogP contribution in [0.4, 0.5) is 5.69 Å². The number of nitrogens with one attached hydrogen (secondary N) is 2. The van der Waals surface area contributed by atoms with Crippen molar-refractivity contribution < 1.29 is 14.3 Å². The molecular weight excluding hydrogens is 464 g/mol. The number of benzene rings is 3. The summed E-state index contributed by atoms with van der Waals surface area (Å²) in [6.07, 6.45) is 1.50. The molecule has 2 N–H and O–H groups in total. The number of rotatable bonds is 6. The number of hydrogen-bond donors (Lipinski definition) is 2. The molecule has 8 heteroatoms. The molecule has 1 heterocycles. The number of nitrogens with zero attached hydrogens (tertiary/aromatic N) is 2. The highest BCUT2D eigenvalue weighted by molar-refractivity contribution is 6.39. The molecule has 1 aromatic heterocycles. The molecule has 0 atom stereocenters. The Hall–Kier alpha value is -4.36. The zero-order valence-electron chi connectivity index (χ0n) is 19.2. The van der Waals surface area contributed by atoms with Crippen molar-refractivity contribution in [3.8, 4) is 17.2 Å². The van der Waals surface area contributed by atoms with E-state index >= 15 is 0 Å². The minimum absolute atomic E-state index is 0.458. The summed E-state index contributed by atoms with van der Waals surface area (Å²) in [5.74, 6) is -0.397. The number of carbonyl (C=O) groups excluding carboxylic acids is 2. The normalized spacial score (nSPS) is 10.8. The average molecular weight is 487 g/mol.